The number of nitrogens with zero attached hydrogens (tertiary/aromatic N) is 1. The molecule has 4 unspecified atom stereocenters. The van der Waals surface area contributed by atoms with Crippen LogP contribution >= 0.6 is 0 Å². The van der Waals surface area contributed by atoms with Gasteiger partial charge in [0, 0.05) is 25.7 Å². The first-order valence-corrected chi connectivity index (χ1v) is 8.47. The normalized spacial score (nSPS) is 42.5. The molecular formula is C17H32N2. The lowest BCUT2D eigenvalue weighted by Gasteiger charge is -2.42. The monoisotopic (exact) mass is 264 g/mol. The lowest BCUT2D eigenvalue weighted by molar-refractivity contribution is 0.109. The average Bonchev–Trinajstić information content (AvgIpc) is 2.88. The number of fused-ring (bicyclic) bond motifs is 1. The van der Waals surface area contributed by atoms with Crippen LogP contribution in [0.4, 0.5) is 0 Å². The van der Waals surface area contributed by atoms with E-state index < -0.39 is 0 Å². The quantitative estimate of drug-likeness (QED) is 0.842. The van der Waals surface area contributed by atoms with Gasteiger partial charge in [-0.1, -0.05) is 20.3 Å². The summed E-state index contributed by atoms with van der Waals surface area (Å²) in [4.78, 5) is 2.80. The minimum absolute atomic E-state index is 0.563. The van der Waals surface area contributed by atoms with E-state index in [1.54, 1.807) is 0 Å². The molecule has 0 radical (unpaired) electrons. The summed E-state index contributed by atoms with van der Waals surface area (Å²) in [5, 5.41) is 3.59. The first kappa shape index (κ1) is 13.9. The lowest BCUT2D eigenvalue weighted by Crippen LogP contribution is -2.46. The highest BCUT2D eigenvalue weighted by molar-refractivity contribution is 4.93. The van der Waals surface area contributed by atoms with E-state index in [9.17, 15) is 0 Å². The lowest BCUT2D eigenvalue weighted by atomic mass is 9.69. The van der Waals surface area contributed by atoms with Gasteiger partial charge in [0.1, 0.15) is 0 Å². The van der Waals surface area contributed by atoms with Gasteiger partial charge >= 0.3 is 0 Å². The van der Waals surface area contributed by atoms with Gasteiger partial charge in [-0.05, 0) is 62.3 Å². The van der Waals surface area contributed by atoms with Gasteiger partial charge < -0.3 is 10.2 Å². The number of nitrogens with one attached hydrogen (secondary N) is 1. The minimum Gasteiger partial charge on any atom is -0.317 e. The van der Waals surface area contributed by atoms with Crippen LogP contribution in [0.5, 0.6) is 0 Å². The van der Waals surface area contributed by atoms with Gasteiger partial charge in [0.05, 0.1) is 0 Å². The Labute approximate surface area is 119 Å². The average molecular weight is 264 g/mol. The second kappa shape index (κ2) is 5.37. The molecule has 1 aliphatic heterocycles. The molecule has 2 heteroatoms. The van der Waals surface area contributed by atoms with Crippen LogP contribution in [0.25, 0.3) is 0 Å². The van der Waals surface area contributed by atoms with Crippen LogP contribution in [-0.4, -0.2) is 37.6 Å². The molecule has 19 heavy (non-hydrogen) atoms. The van der Waals surface area contributed by atoms with Gasteiger partial charge in [0.15, 0.2) is 0 Å². The van der Waals surface area contributed by atoms with Crippen LogP contribution in [-0.2, 0) is 0 Å². The topological polar surface area (TPSA) is 15.3 Å². The van der Waals surface area contributed by atoms with Crippen molar-refractivity contribution >= 4 is 0 Å². The Morgan fingerprint density at radius 3 is 2.42 bits per heavy atom. The fraction of sp³-hybridized carbons (Fsp3) is 1.00. The van der Waals surface area contributed by atoms with E-state index in [1.165, 1.54) is 58.2 Å². The molecule has 0 bridgehead atoms. The molecule has 2 saturated carbocycles. The second-order valence-corrected chi connectivity index (χ2v) is 8.23. The Morgan fingerprint density at radius 2 is 1.79 bits per heavy atom. The Bertz CT molecular complexity index is 300. The summed E-state index contributed by atoms with van der Waals surface area (Å²) in [6.45, 7) is 9.08. The molecule has 0 spiro atoms. The van der Waals surface area contributed by atoms with Crippen molar-refractivity contribution in [2.75, 3.05) is 26.7 Å². The van der Waals surface area contributed by atoms with Crippen molar-refractivity contribution in [1.29, 1.82) is 0 Å². The van der Waals surface area contributed by atoms with Gasteiger partial charge in [-0.3, -0.25) is 0 Å². The Hall–Kier alpha value is -0.0800. The summed E-state index contributed by atoms with van der Waals surface area (Å²) in [7, 11) is 2.16. The van der Waals surface area contributed by atoms with Crippen LogP contribution in [0.3, 0.4) is 0 Å². The Morgan fingerprint density at radius 1 is 1.11 bits per heavy atom. The highest BCUT2D eigenvalue weighted by Crippen LogP contribution is 2.41. The predicted molar refractivity (Wildman–Crippen MR) is 81.2 cm³/mol. The third-order valence-electron chi connectivity index (χ3n) is 6.18. The maximum Gasteiger partial charge on any atom is 0.0105 e. The number of likely N-dealkylation sites (tertiary alicyclic amines) is 1. The van der Waals surface area contributed by atoms with Crippen molar-refractivity contribution in [3.05, 3.63) is 0 Å². The molecule has 0 aromatic carbocycles. The van der Waals surface area contributed by atoms with E-state index in [4.69, 9.17) is 0 Å². The molecule has 2 aliphatic carbocycles. The molecule has 1 N–H and O–H groups in total. The summed E-state index contributed by atoms with van der Waals surface area (Å²) < 4.78 is 0. The standard InChI is InChI=1S/C17H32N2/c1-17(2)8-7-16(18-3)15(9-17)12-19-10-13-5-4-6-14(13)11-19/h13-16,18H,4-12H2,1-3H3. The molecule has 0 aromatic heterocycles. The smallest absolute Gasteiger partial charge is 0.0105 e. The zero-order valence-corrected chi connectivity index (χ0v) is 13.1. The Kier molecular flexibility index (Phi) is 3.92. The van der Waals surface area contributed by atoms with E-state index in [1.807, 2.05) is 0 Å². The van der Waals surface area contributed by atoms with Crippen LogP contribution in [0, 0.1) is 23.2 Å². The molecule has 1 saturated heterocycles. The van der Waals surface area contributed by atoms with Crippen molar-refractivity contribution in [3.8, 4) is 0 Å². The van der Waals surface area contributed by atoms with E-state index in [0.29, 0.717) is 5.41 Å². The second-order valence-electron chi connectivity index (χ2n) is 8.23. The van der Waals surface area contributed by atoms with E-state index in [0.717, 1.165) is 23.8 Å². The highest BCUT2D eigenvalue weighted by Gasteiger charge is 2.39. The van der Waals surface area contributed by atoms with Gasteiger partial charge in [-0.2, -0.15) is 0 Å². The van der Waals surface area contributed by atoms with Gasteiger partial charge in [0.2, 0.25) is 0 Å². The summed E-state index contributed by atoms with van der Waals surface area (Å²) in [5.41, 5.74) is 0.563. The molecule has 3 fully saturated rings. The van der Waals surface area contributed by atoms with Crippen LogP contribution in [0.1, 0.15) is 52.4 Å². The van der Waals surface area contributed by atoms with Crippen LogP contribution < -0.4 is 5.32 Å². The molecule has 0 aromatic rings. The number of rotatable bonds is 3. The van der Waals surface area contributed by atoms with Crippen molar-refractivity contribution in [1.82, 2.24) is 10.2 Å². The van der Waals surface area contributed by atoms with Gasteiger partial charge in [-0.25, -0.2) is 0 Å². The third kappa shape index (κ3) is 3.00. The maximum atomic E-state index is 3.59. The number of hydrogen-bond donors (Lipinski definition) is 1. The van der Waals surface area contributed by atoms with Crippen molar-refractivity contribution in [3.63, 3.8) is 0 Å². The molecule has 4 atom stereocenters. The predicted octanol–water partition coefficient (Wildman–Crippen LogP) is 3.13. The van der Waals surface area contributed by atoms with Gasteiger partial charge in [0.25, 0.3) is 0 Å². The largest absolute Gasteiger partial charge is 0.317 e. The molecule has 0 amide bonds. The van der Waals surface area contributed by atoms with Crippen molar-refractivity contribution in [2.24, 2.45) is 23.2 Å². The molecule has 1 heterocycles. The zero-order valence-electron chi connectivity index (χ0n) is 13.1. The molecule has 3 rings (SSSR count). The SMILES string of the molecule is CNC1CCC(C)(C)CC1CN1CC2CCCC2C1. The highest BCUT2D eigenvalue weighted by atomic mass is 15.2. The summed E-state index contributed by atoms with van der Waals surface area (Å²) in [5.74, 6) is 2.96. The third-order valence-corrected chi connectivity index (χ3v) is 6.18. The molecule has 2 nitrogen and oxygen atoms in total. The fourth-order valence-corrected chi connectivity index (χ4v) is 5.12. The summed E-state index contributed by atoms with van der Waals surface area (Å²) in [6, 6.07) is 0.758. The Balaban J connectivity index is 1.58. The maximum absolute atomic E-state index is 3.59. The van der Waals surface area contributed by atoms with Gasteiger partial charge in [-0.15, -0.1) is 0 Å². The van der Waals surface area contributed by atoms with Crippen LogP contribution in [0.2, 0.25) is 0 Å². The first-order chi connectivity index (χ1) is 9.07. The first-order valence-electron chi connectivity index (χ1n) is 8.47. The van der Waals surface area contributed by atoms with Crippen LogP contribution in [0.15, 0.2) is 0 Å². The molecule has 110 valence electrons. The number of hydrogen-bond acceptors (Lipinski definition) is 2. The fourth-order valence-electron chi connectivity index (χ4n) is 5.12. The molecular weight excluding hydrogens is 232 g/mol. The zero-order chi connectivity index (χ0) is 13.5. The van der Waals surface area contributed by atoms with E-state index in [-0.39, 0.29) is 0 Å². The minimum atomic E-state index is 0.563. The summed E-state index contributed by atoms with van der Waals surface area (Å²) >= 11 is 0. The molecule has 3 aliphatic rings. The van der Waals surface area contributed by atoms with Crippen molar-refractivity contribution in [2.45, 2.75) is 58.4 Å². The van der Waals surface area contributed by atoms with E-state index >= 15 is 0 Å². The van der Waals surface area contributed by atoms with Crippen molar-refractivity contribution < 1.29 is 0 Å². The summed E-state index contributed by atoms with van der Waals surface area (Å²) in [6.07, 6.45) is 8.68. The van der Waals surface area contributed by atoms with E-state index in [2.05, 4.69) is 31.1 Å².